The quantitative estimate of drug-likeness (QED) is 0.288. The Balaban J connectivity index is 0.00000363. The second-order valence-corrected chi connectivity index (χ2v) is 9.35. The van der Waals surface area contributed by atoms with E-state index in [1.165, 1.54) is 22.3 Å². The Morgan fingerprint density at radius 1 is 0.750 bits per heavy atom. The van der Waals surface area contributed by atoms with E-state index in [1.807, 2.05) is 32.0 Å². The van der Waals surface area contributed by atoms with Crippen molar-refractivity contribution in [1.82, 2.24) is 4.98 Å². The number of rotatable bonds is 4. The fourth-order valence-electron chi connectivity index (χ4n) is 3.70. The molecule has 0 unspecified atom stereocenters. The van der Waals surface area contributed by atoms with Crippen molar-refractivity contribution in [2.45, 2.75) is 60.8 Å². The number of hydrogen-bond donors (Lipinski definition) is 0. The standard InChI is InChI=1S/C28H33N3.Fe/c1-18-16-19(2)27(20(3)17-18)30-22(5)26-11-9-10-25(31-26)21(4)29-24-14-12-23(13-15-24)28(6,7)8;/h9-17H,1-8H3;. The summed E-state index contributed by atoms with van der Waals surface area (Å²) in [6, 6.07) is 18.8. The van der Waals surface area contributed by atoms with Crippen molar-refractivity contribution in [1.29, 1.82) is 0 Å². The van der Waals surface area contributed by atoms with Gasteiger partial charge < -0.3 is 0 Å². The number of pyridine rings is 1. The minimum absolute atomic E-state index is 0. The Labute approximate surface area is 203 Å². The average molecular weight is 467 g/mol. The van der Waals surface area contributed by atoms with E-state index in [-0.39, 0.29) is 22.5 Å². The Morgan fingerprint density at radius 3 is 1.75 bits per heavy atom. The van der Waals surface area contributed by atoms with Crippen molar-refractivity contribution in [3.63, 3.8) is 0 Å². The van der Waals surface area contributed by atoms with Crippen LogP contribution < -0.4 is 0 Å². The van der Waals surface area contributed by atoms with Crippen molar-refractivity contribution in [3.05, 3.63) is 88.2 Å². The first-order chi connectivity index (χ1) is 14.5. The Bertz CT molecular complexity index is 1130. The maximum atomic E-state index is 4.90. The van der Waals surface area contributed by atoms with E-state index in [9.17, 15) is 0 Å². The predicted molar refractivity (Wildman–Crippen MR) is 134 cm³/mol. The fraction of sp³-hybridized carbons (Fsp3) is 0.321. The molecule has 0 saturated carbocycles. The van der Waals surface area contributed by atoms with Gasteiger partial charge in [0.05, 0.1) is 34.2 Å². The van der Waals surface area contributed by atoms with Gasteiger partial charge in [0.1, 0.15) is 0 Å². The van der Waals surface area contributed by atoms with Crippen LogP contribution in [-0.2, 0) is 22.5 Å². The molecule has 32 heavy (non-hydrogen) atoms. The predicted octanol–water partition coefficient (Wildman–Crippen LogP) is 7.58. The average Bonchev–Trinajstić information content (AvgIpc) is 2.70. The Hall–Kier alpha value is -2.55. The molecule has 0 aliphatic carbocycles. The van der Waals surface area contributed by atoms with Gasteiger partial charge in [-0.1, -0.05) is 56.7 Å². The molecule has 3 aromatic rings. The van der Waals surface area contributed by atoms with Crippen LogP contribution in [-0.4, -0.2) is 16.4 Å². The van der Waals surface area contributed by atoms with E-state index in [1.54, 1.807) is 0 Å². The van der Waals surface area contributed by atoms with Gasteiger partial charge in [-0.3, -0.25) is 9.98 Å². The smallest absolute Gasteiger partial charge is 0.0849 e. The van der Waals surface area contributed by atoms with Crippen LogP contribution in [0.4, 0.5) is 11.4 Å². The molecule has 0 spiro atoms. The molecular formula is C28H33FeN3. The summed E-state index contributed by atoms with van der Waals surface area (Å²) in [5.74, 6) is 0. The van der Waals surface area contributed by atoms with E-state index >= 15 is 0 Å². The van der Waals surface area contributed by atoms with E-state index in [4.69, 9.17) is 15.0 Å². The summed E-state index contributed by atoms with van der Waals surface area (Å²) in [7, 11) is 0. The molecule has 0 atom stereocenters. The van der Waals surface area contributed by atoms with Crippen LogP contribution >= 0.6 is 0 Å². The number of hydrogen-bond acceptors (Lipinski definition) is 3. The minimum atomic E-state index is 0. The van der Waals surface area contributed by atoms with Crippen LogP contribution in [0.5, 0.6) is 0 Å². The van der Waals surface area contributed by atoms with Crippen LogP contribution in [0.2, 0.25) is 0 Å². The molecule has 0 radical (unpaired) electrons. The van der Waals surface area contributed by atoms with Gasteiger partial charge >= 0.3 is 0 Å². The molecule has 0 aliphatic heterocycles. The number of aromatic nitrogens is 1. The summed E-state index contributed by atoms with van der Waals surface area (Å²) >= 11 is 0. The second-order valence-electron chi connectivity index (χ2n) is 9.35. The van der Waals surface area contributed by atoms with Gasteiger partial charge in [0.15, 0.2) is 0 Å². The minimum Gasteiger partial charge on any atom is -0.252 e. The van der Waals surface area contributed by atoms with Crippen LogP contribution in [0.3, 0.4) is 0 Å². The molecule has 2 aromatic carbocycles. The van der Waals surface area contributed by atoms with Crippen molar-refractivity contribution < 1.29 is 17.1 Å². The zero-order valence-corrected chi connectivity index (χ0v) is 21.5. The molecule has 0 fully saturated rings. The maximum absolute atomic E-state index is 4.90. The van der Waals surface area contributed by atoms with Crippen LogP contribution in [0.1, 0.15) is 68.3 Å². The molecule has 1 heterocycles. The summed E-state index contributed by atoms with van der Waals surface area (Å²) < 4.78 is 0. The van der Waals surface area contributed by atoms with Gasteiger partial charge in [-0.15, -0.1) is 0 Å². The second kappa shape index (κ2) is 10.4. The first-order valence-electron chi connectivity index (χ1n) is 10.8. The van der Waals surface area contributed by atoms with Crippen LogP contribution in [0.15, 0.2) is 64.6 Å². The molecule has 0 amide bonds. The van der Waals surface area contributed by atoms with Crippen molar-refractivity contribution in [2.24, 2.45) is 9.98 Å². The SMILES string of the molecule is CC(=Nc1ccc(C(C)(C)C)cc1)c1cccc(C(C)=Nc2c(C)cc(C)cc2C)n1.[Fe]. The van der Waals surface area contributed by atoms with Gasteiger partial charge in [0.25, 0.3) is 0 Å². The van der Waals surface area contributed by atoms with Crippen LogP contribution in [0, 0.1) is 20.8 Å². The summed E-state index contributed by atoms with van der Waals surface area (Å²) in [5, 5.41) is 0. The fourth-order valence-corrected chi connectivity index (χ4v) is 3.70. The number of benzene rings is 2. The molecule has 3 rings (SSSR count). The molecule has 1 aromatic heterocycles. The molecular weight excluding hydrogens is 434 g/mol. The van der Waals surface area contributed by atoms with Crippen molar-refractivity contribution in [3.8, 4) is 0 Å². The van der Waals surface area contributed by atoms with Gasteiger partial charge in [-0.05, 0) is 81.0 Å². The molecule has 4 heteroatoms. The first kappa shape index (κ1) is 25.7. The van der Waals surface area contributed by atoms with Gasteiger partial charge in [0, 0.05) is 17.1 Å². The molecule has 168 valence electrons. The number of aliphatic imine (C=N–C) groups is 2. The molecule has 0 bridgehead atoms. The normalized spacial score (nSPS) is 12.5. The van der Waals surface area contributed by atoms with Crippen molar-refractivity contribution in [2.75, 3.05) is 0 Å². The monoisotopic (exact) mass is 467 g/mol. The van der Waals surface area contributed by atoms with Crippen LogP contribution in [0.25, 0.3) is 0 Å². The zero-order valence-electron chi connectivity index (χ0n) is 20.4. The third-order valence-corrected chi connectivity index (χ3v) is 5.44. The van der Waals surface area contributed by atoms with Crippen molar-refractivity contribution >= 4 is 22.8 Å². The summed E-state index contributed by atoms with van der Waals surface area (Å²) in [4.78, 5) is 14.5. The Kier molecular flexibility index (Phi) is 8.34. The number of nitrogens with zero attached hydrogens (tertiary/aromatic N) is 3. The third-order valence-electron chi connectivity index (χ3n) is 5.44. The van der Waals surface area contributed by atoms with E-state index in [0.29, 0.717) is 0 Å². The first-order valence-corrected chi connectivity index (χ1v) is 10.8. The molecule has 0 aliphatic rings. The molecule has 0 N–H and O–H groups in total. The van der Waals surface area contributed by atoms with Gasteiger partial charge in [-0.2, -0.15) is 0 Å². The number of aryl methyl sites for hydroxylation is 3. The zero-order chi connectivity index (χ0) is 22.8. The molecule has 0 saturated heterocycles. The maximum Gasteiger partial charge on any atom is 0.0849 e. The summed E-state index contributed by atoms with van der Waals surface area (Å²) in [6.07, 6.45) is 0. The van der Waals surface area contributed by atoms with E-state index < -0.39 is 0 Å². The van der Waals surface area contributed by atoms with Gasteiger partial charge in [0.2, 0.25) is 0 Å². The Morgan fingerprint density at radius 2 is 1.25 bits per heavy atom. The van der Waals surface area contributed by atoms with E-state index in [0.717, 1.165) is 34.2 Å². The largest absolute Gasteiger partial charge is 0.252 e. The summed E-state index contributed by atoms with van der Waals surface area (Å²) in [5.41, 5.74) is 10.6. The van der Waals surface area contributed by atoms with Gasteiger partial charge in [-0.25, -0.2) is 4.98 Å². The topological polar surface area (TPSA) is 37.6 Å². The molecule has 3 nitrogen and oxygen atoms in total. The summed E-state index contributed by atoms with van der Waals surface area (Å²) in [6.45, 7) is 17.0. The third kappa shape index (κ3) is 6.25. The van der Waals surface area contributed by atoms with E-state index in [2.05, 4.69) is 77.9 Å².